The molecule has 0 aromatic carbocycles. The molecule has 1 aliphatic carbocycles. The molecule has 2 heterocycles. The summed E-state index contributed by atoms with van der Waals surface area (Å²) in [7, 11) is 2.18. The number of likely N-dealkylation sites (tertiary alicyclic amines) is 2. The molecule has 0 aromatic heterocycles. The SMILES string of the molecule is CN1CC2(C)CC[C@](NCC(=O)N3CCC[C@H]3C#N)(C1)C2(C)C. The van der Waals surface area contributed by atoms with E-state index in [1.54, 1.807) is 4.90 Å². The summed E-state index contributed by atoms with van der Waals surface area (Å²) < 4.78 is 0. The van der Waals surface area contributed by atoms with Gasteiger partial charge in [-0.1, -0.05) is 20.8 Å². The highest BCUT2D eigenvalue weighted by Crippen LogP contribution is 2.60. The minimum Gasteiger partial charge on any atom is -0.326 e. The number of hydrogen-bond donors (Lipinski definition) is 1. The first kappa shape index (κ1) is 16.7. The fourth-order valence-electron chi connectivity index (χ4n) is 5.27. The van der Waals surface area contributed by atoms with E-state index in [2.05, 4.69) is 44.1 Å². The van der Waals surface area contributed by atoms with Gasteiger partial charge in [0.2, 0.25) is 5.91 Å². The van der Waals surface area contributed by atoms with Gasteiger partial charge >= 0.3 is 0 Å². The number of fused-ring (bicyclic) bond motifs is 2. The molecule has 1 N–H and O–H groups in total. The van der Waals surface area contributed by atoms with Crippen molar-refractivity contribution in [1.82, 2.24) is 15.1 Å². The Morgan fingerprint density at radius 1 is 1.30 bits per heavy atom. The number of piperidine rings is 1. The fraction of sp³-hybridized carbons (Fsp3) is 0.889. The number of nitrogens with zero attached hydrogens (tertiary/aromatic N) is 3. The largest absolute Gasteiger partial charge is 0.326 e. The zero-order chi connectivity index (χ0) is 16.9. The molecule has 2 bridgehead atoms. The molecule has 5 nitrogen and oxygen atoms in total. The lowest BCUT2D eigenvalue weighted by Crippen LogP contribution is -2.67. The summed E-state index contributed by atoms with van der Waals surface area (Å²) in [5.41, 5.74) is 0.442. The van der Waals surface area contributed by atoms with Crippen LogP contribution in [-0.2, 0) is 4.79 Å². The van der Waals surface area contributed by atoms with Crippen molar-refractivity contribution in [3.63, 3.8) is 0 Å². The van der Waals surface area contributed by atoms with E-state index >= 15 is 0 Å². The van der Waals surface area contributed by atoms with Gasteiger partial charge in [0.1, 0.15) is 6.04 Å². The fourth-order valence-corrected chi connectivity index (χ4v) is 5.27. The van der Waals surface area contributed by atoms with Crippen LogP contribution in [0.2, 0.25) is 0 Å². The second-order valence-electron chi connectivity index (χ2n) is 8.67. The van der Waals surface area contributed by atoms with Gasteiger partial charge in [-0.05, 0) is 43.6 Å². The molecule has 0 aromatic rings. The van der Waals surface area contributed by atoms with Crippen LogP contribution in [0.1, 0.15) is 46.5 Å². The number of likely N-dealkylation sites (N-methyl/N-ethyl adjacent to an activating group) is 1. The standard InChI is InChI=1S/C18H30N4O/c1-16(2)17(3)7-8-18(16,13-21(4)12-17)20-11-15(23)22-9-5-6-14(22)10-19/h14,20H,5-9,11-13H2,1-4H3/t14-,17?,18-/m0/s1. The number of hydrogen-bond acceptors (Lipinski definition) is 4. The highest BCUT2D eigenvalue weighted by atomic mass is 16.2. The van der Waals surface area contributed by atoms with Gasteiger partial charge in [-0.2, -0.15) is 5.26 Å². The van der Waals surface area contributed by atoms with Crippen molar-refractivity contribution in [2.75, 3.05) is 33.2 Å². The zero-order valence-electron chi connectivity index (χ0n) is 15.0. The molecule has 1 unspecified atom stereocenters. The van der Waals surface area contributed by atoms with E-state index in [0.717, 1.165) is 38.9 Å². The third-order valence-electron chi connectivity index (χ3n) is 7.27. The molecule has 0 radical (unpaired) electrons. The van der Waals surface area contributed by atoms with Crippen molar-refractivity contribution >= 4 is 5.91 Å². The lowest BCUT2D eigenvalue weighted by atomic mass is 9.60. The lowest BCUT2D eigenvalue weighted by molar-refractivity contribution is -0.131. The molecular formula is C18H30N4O. The Kier molecular flexibility index (Phi) is 3.97. The Balaban J connectivity index is 1.72. The predicted octanol–water partition coefficient (Wildman–Crippen LogP) is 1.60. The first-order valence-corrected chi connectivity index (χ1v) is 8.87. The number of amides is 1. The zero-order valence-corrected chi connectivity index (χ0v) is 15.0. The van der Waals surface area contributed by atoms with E-state index in [1.807, 2.05) is 0 Å². The number of carbonyl (C=O) groups excluding carboxylic acids is 1. The van der Waals surface area contributed by atoms with Gasteiger partial charge < -0.3 is 15.1 Å². The van der Waals surface area contributed by atoms with E-state index in [4.69, 9.17) is 0 Å². The summed E-state index contributed by atoms with van der Waals surface area (Å²) in [5, 5.41) is 12.8. The second-order valence-corrected chi connectivity index (χ2v) is 8.67. The molecule has 3 atom stereocenters. The summed E-state index contributed by atoms with van der Waals surface area (Å²) in [5.74, 6) is 0.0843. The molecule has 128 valence electrons. The predicted molar refractivity (Wildman–Crippen MR) is 89.7 cm³/mol. The molecule has 2 saturated heterocycles. The van der Waals surface area contributed by atoms with Crippen molar-refractivity contribution in [3.8, 4) is 6.07 Å². The molecule has 3 fully saturated rings. The van der Waals surface area contributed by atoms with E-state index < -0.39 is 0 Å². The molecule has 1 amide bonds. The third-order valence-corrected chi connectivity index (χ3v) is 7.27. The quantitative estimate of drug-likeness (QED) is 0.859. The first-order valence-electron chi connectivity index (χ1n) is 8.87. The number of carbonyl (C=O) groups is 1. The van der Waals surface area contributed by atoms with Crippen LogP contribution in [0.5, 0.6) is 0 Å². The van der Waals surface area contributed by atoms with Gasteiger partial charge in [-0.15, -0.1) is 0 Å². The average Bonchev–Trinajstić information content (AvgIpc) is 2.98. The molecule has 23 heavy (non-hydrogen) atoms. The molecule has 3 rings (SSSR count). The summed E-state index contributed by atoms with van der Waals surface area (Å²) in [4.78, 5) is 16.8. The van der Waals surface area contributed by atoms with Crippen LogP contribution < -0.4 is 5.32 Å². The molecule has 0 spiro atoms. The highest BCUT2D eigenvalue weighted by molar-refractivity contribution is 5.79. The average molecular weight is 318 g/mol. The van der Waals surface area contributed by atoms with Crippen LogP contribution in [0, 0.1) is 22.2 Å². The lowest BCUT2D eigenvalue weighted by Gasteiger charge is -2.56. The Morgan fingerprint density at radius 2 is 2.04 bits per heavy atom. The van der Waals surface area contributed by atoms with Crippen molar-refractivity contribution in [3.05, 3.63) is 0 Å². The molecule has 1 saturated carbocycles. The first-order chi connectivity index (χ1) is 10.7. The maximum absolute atomic E-state index is 12.6. The van der Waals surface area contributed by atoms with Crippen molar-refractivity contribution < 1.29 is 4.79 Å². The Bertz CT molecular complexity index is 540. The van der Waals surface area contributed by atoms with Gasteiger partial charge in [0, 0.05) is 25.2 Å². The van der Waals surface area contributed by atoms with Crippen molar-refractivity contribution in [1.29, 1.82) is 5.26 Å². The summed E-state index contributed by atoms with van der Waals surface area (Å²) in [6.07, 6.45) is 4.09. The van der Waals surface area contributed by atoms with E-state index in [1.165, 1.54) is 6.42 Å². The van der Waals surface area contributed by atoms with Crippen molar-refractivity contribution in [2.45, 2.75) is 58.0 Å². The minimum atomic E-state index is -0.224. The van der Waals surface area contributed by atoms with Crippen LogP contribution in [0.15, 0.2) is 0 Å². The topological polar surface area (TPSA) is 59.4 Å². The maximum atomic E-state index is 12.6. The van der Waals surface area contributed by atoms with E-state index in [-0.39, 0.29) is 22.9 Å². The van der Waals surface area contributed by atoms with Gasteiger partial charge in [0.15, 0.2) is 0 Å². The third kappa shape index (κ3) is 2.38. The van der Waals surface area contributed by atoms with Gasteiger partial charge in [-0.25, -0.2) is 0 Å². The van der Waals surface area contributed by atoms with Crippen LogP contribution in [-0.4, -0.2) is 60.5 Å². The highest BCUT2D eigenvalue weighted by Gasteiger charge is 2.63. The van der Waals surface area contributed by atoms with Gasteiger partial charge in [-0.3, -0.25) is 4.79 Å². The summed E-state index contributed by atoms with van der Waals surface area (Å²) >= 11 is 0. The molecule has 2 aliphatic heterocycles. The van der Waals surface area contributed by atoms with Crippen LogP contribution in [0.4, 0.5) is 0 Å². The van der Waals surface area contributed by atoms with Gasteiger partial charge in [0.05, 0.1) is 12.6 Å². The molecule has 5 heteroatoms. The Hall–Kier alpha value is -1.12. The van der Waals surface area contributed by atoms with Crippen LogP contribution >= 0.6 is 0 Å². The summed E-state index contributed by atoms with van der Waals surface area (Å²) in [6, 6.07) is 2.04. The molecule has 3 aliphatic rings. The number of nitriles is 1. The number of nitrogens with one attached hydrogen (secondary N) is 1. The van der Waals surface area contributed by atoms with Crippen molar-refractivity contribution in [2.24, 2.45) is 10.8 Å². The van der Waals surface area contributed by atoms with E-state index in [9.17, 15) is 10.1 Å². The van der Waals surface area contributed by atoms with E-state index in [0.29, 0.717) is 12.0 Å². The van der Waals surface area contributed by atoms with Crippen LogP contribution in [0.25, 0.3) is 0 Å². The second kappa shape index (κ2) is 5.46. The smallest absolute Gasteiger partial charge is 0.237 e. The van der Waals surface area contributed by atoms with Crippen LogP contribution in [0.3, 0.4) is 0 Å². The summed E-state index contributed by atoms with van der Waals surface area (Å²) in [6.45, 7) is 10.3. The Labute approximate surface area is 140 Å². The Morgan fingerprint density at radius 3 is 2.74 bits per heavy atom. The normalized spacial score (nSPS) is 39.4. The van der Waals surface area contributed by atoms with Gasteiger partial charge in [0.25, 0.3) is 0 Å². The monoisotopic (exact) mass is 318 g/mol. The number of rotatable bonds is 3. The molecular weight excluding hydrogens is 288 g/mol. The maximum Gasteiger partial charge on any atom is 0.237 e. The minimum absolute atomic E-state index is 0.00766.